The van der Waals surface area contributed by atoms with E-state index in [9.17, 15) is 24.5 Å². The van der Waals surface area contributed by atoms with Gasteiger partial charge in [-0.15, -0.1) is 5.10 Å². The molecule has 2 aromatic rings. The summed E-state index contributed by atoms with van der Waals surface area (Å²) >= 11 is 0. The number of Topliss-reactive ketones (excluding diaryl/α,β-unsaturated/α-hetero) is 1. The number of aromatic carboxylic acids is 1. The second kappa shape index (κ2) is 8.48. The van der Waals surface area contributed by atoms with Gasteiger partial charge in [0.2, 0.25) is 0 Å². The Bertz CT molecular complexity index is 1030. The molecule has 0 radical (unpaired) electrons. The van der Waals surface area contributed by atoms with Crippen molar-refractivity contribution >= 4 is 24.8 Å². The summed E-state index contributed by atoms with van der Waals surface area (Å²) in [4.78, 5) is 37.9. The lowest BCUT2D eigenvalue weighted by Crippen LogP contribution is -2.36. The maximum absolute atomic E-state index is 12.5. The van der Waals surface area contributed by atoms with E-state index in [1.807, 2.05) is 0 Å². The van der Waals surface area contributed by atoms with Crippen molar-refractivity contribution in [1.82, 2.24) is 19.9 Å². The van der Waals surface area contributed by atoms with Crippen molar-refractivity contribution in [3.63, 3.8) is 0 Å². The third kappa shape index (κ3) is 4.44. The van der Waals surface area contributed by atoms with Crippen LogP contribution < -0.4 is 10.4 Å². The van der Waals surface area contributed by atoms with Crippen molar-refractivity contribution in [2.75, 3.05) is 13.1 Å². The predicted molar refractivity (Wildman–Crippen MR) is 108 cm³/mol. The number of hydrogen-bond acceptors (Lipinski definition) is 8. The van der Waals surface area contributed by atoms with E-state index in [2.05, 4.69) is 10.3 Å². The summed E-state index contributed by atoms with van der Waals surface area (Å²) < 4.78 is 6.71. The minimum Gasteiger partial charge on any atom is -0.535 e. The number of carbonyl (C=O) groups is 3. The van der Waals surface area contributed by atoms with E-state index < -0.39 is 18.9 Å². The number of nitrogens with two attached hydrogens (primary N) is 1. The predicted octanol–water partition coefficient (Wildman–Crippen LogP) is -0.406. The highest BCUT2D eigenvalue weighted by Crippen LogP contribution is 2.36. The van der Waals surface area contributed by atoms with Crippen molar-refractivity contribution in [3.8, 4) is 5.75 Å². The van der Waals surface area contributed by atoms with Crippen LogP contribution in [0.15, 0.2) is 24.4 Å². The smallest absolute Gasteiger partial charge is 0.526 e. The number of para-hydroxylation sites is 1. The Morgan fingerprint density at radius 3 is 2.84 bits per heavy atom. The van der Waals surface area contributed by atoms with Crippen LogP contribution in [0.2, 0.25) is 5.82 Å². The number of rotatable bonds is 6. The minimum absolute atomic E-state index is 0.00201. The van der Waals surface area contributed by atoms with E-state index in [1.54, 1.807) is 17.0 Å². The first-order valence-corrected chi connectivity index (χ1v) is 9.98. The molecule has 1 aromatic carbocycles. The van der Waals surface area contributed by atoms with E-state index in [0.29, 0.717) is 25.1 Å². The molecule has 0 saturated carbocycles. The van der Waals surface area contributed by atoms with Gasteiger partial charge in [0, 0.05) is 31.4 Å². The summed E-state index contributed by atoms with van der Waals surface area (Å²) in [5.74, 6) is -2.04. The van der Waals surface area contributed by atoms with Gasteiger partial charge < -0.3 is 25.4 Å². The van der Waals surface area contributed by atoms with Gasteiger partial charge in [0.05, 0.1) is 11.8 Å². The molecule has 4 N–H and O–H groups in total. The Labute approximate surface area is 177 Å². The van der Waals surface area contributed by atoms with Crippen LogP contribution in [-0.4, -0.2) is 73.9 Å². The van der Waals surface area contributed by atoms with Crippen LogP contribution in [0, 0.1) is 0 Å². The van der Waals surface area contributed by atoms with Gasteiger partial charge in [0.15, 0.2) is 11.5 Å². The molecule has 1 aromatic heterocycles. The molecule has 3 heterocycles. The fourth-order valence-electron chi connectivity index (χ4n) is 3.97. The van der Waals surface area contributed by atoms with Gasteiger partial charge in [-0.2, -0.15) is 0 Å². The highest BCUT2D eigenvalue weighted by molar-refractivity contribution is 6.47. The van der Waals surface area contributed by atoms with Gasteiger partial charge in [0.25, 0.3) is 5.91 Å². The molecule has 2 aliphatic rings. The number of carbonyl (C=O) groups excluding carboxylic acids is 2. The number of likely N-dealkylation sites (tertiary alicyclic amines) is 1. The van der Waals surface area contributed by atoms with E-state index in [4.69, 9.17) is 10.4 Å². The summed E-state index contributed by atoms with van der Waals surface area (Å²) in [6.45, 7) is 0.927. The zero-order valence-electron chi connectivity index (χ0n) is 16.7. The Kier molecular flexibility index (Phi) is 5.74. The number of hydrogen-bond donors (Lipinski definition) is 3. The molecule has 0 unspecified atom stereocenters. The maximum atomic E-state index is 12.5. The monoisotopic (exact) mass is 427 g/mol. The SMILES string of the molecule is N[C@H]1CCN(C(=O)c2cn(CC(=O)C[C@H]3Cc4cccc(C(=O)O)c4OB3O)nn2)C1. The molecule has 0 spiro atoms. The molecule has 4 rings (SSSR count). The van der Waals surface area contributed by atoms with Crippen LogP contribution in [-0.2, 0) is 17.8 Å². The number of carboxylic acid groups (broad SMARTS) is 1. The molecule has 1 fully saturated rings. The van der Waals surface area contributed by atoms with Crippen molar-refractivity contribution in [3.05, 3.63) is 41.2 Å². The Hall–Kier alpha value is -3.25. The highest BCUT2D eigenvalue weighted by atomic mass is 16.5. The van der Waals surface area contributed by atoms with E-state index in [0.717, 1.165) is 6.42 Å². The maximum Gasteiger partial charge on any atom is 0.526 e. The lowest BCUT2D eigenvalue weighted by molar-refractivity contribution is -0.120. The number of nitrogens with zero attached hydrogens (tertiary/aromatic N) is 4. The topological polar surface area (TPSA) is 161 Å². The van der Waals surface area contributed by atoms with Gasteiger partial charge in [-0.05, 0) is 24.5 Å². The molecule has 1 amide bonds. The molecule has 1 saturated heterocycles. The van der Waals surface area contributed by atoms with Gasteiger partial charge in [0.1, 0.15) is 12.3 Å². The second-order valence-corrected chi connectivity index (χ2v) is 7.92. The first kappa shape index (κ1) is 21.0. The van der Waals surface area contributed by atoms with Crippen molar-refractivity contribution in [1.29, 1.82) is 0 Å². The molecule has 11 nitrogen and oxygen atoms in total. The van der Waals surface area contributed by atoms with E-state index in [1.165, 1.54) is 16.9 Å². The van der Waals surface area contributed by atoms with Gasteiger partial charge in [-0.25, -0.2) is 9.48 Å². The fourth-order valence-corrected chi connectivity index (χ4v) is 3.97. The van der Waals surface area contributed by atoms with E-state index >= 15 is 0 Å². The number of ketones is 1. The molecule has 2 atom stereocenters. The average molecular weight is 427 g/mol. The van der Waals surface area contributed by atoms with Crippen LogP contribution in [0.3, 0.4) is 0 Å². The zero-order valence-corrected chi connectivity index (χ0v) is 16.7. The summed E-state index contributed by atoms with van der Waals surface area (Å²) in [5, 5.41) is 27.3. The van der Waals surface area contributed by atoms with Crippen LogP contribution >= 0.6 is 0 Å². The molecule has 0 aliphatic carbocycles. The summed E-state index contributed by atoms with van der Waals surface area (Å²) in [6.07, 6.45) is 2.47. The summed E-state index contributed by atoms with van der Waals surface area (Å²) in [5.41, 5.74) is 6.57. The zero-order chi connectivity index (χ0) is 22.1. The van der Waals surface area contributed by atoms with Crippen LogP contribution in [0.5, 0.6) is 5.75 Å². The van der Waals surface area contributed by atoms with Crippen LogP contribution in [0.1, 0.15) is 39.3 Å². The lowest BCUT2D eigenvalue weighted by atomic mass is 9.64. The van der Waals surface area contributed by atoms with Crippen molar-refractivity contribution in [2.24, 2.45) is 5.73 Å². The number of fused-ring (bicyclic) bond motifs is 1. The van der Waals surface area contributed by atoms with Crippen molar-refractivity contribution < 1.29 is 29.2 Å². The largest absolute Gasteiger partial charge is 0.535 e. The molecular weight excluding hydrogens is 405 g/mol. The first-order chi connectivity index (χ1) is 14.8. The van der Waals surface area contributed by atoms with E-state index in [-0.39, 0.29) is 47.7 Å². The molecule has 2 aliphatic heterocycles. The van der Waals surface area contributed by atoms with Gasteiger partial charge >= 0.3 is 13.1 Å². The third-order valence-corrected chi connectivity index (χ3v) is 5.55. The second-order valence-electron chi connectivity index (χ2n) is 7.92. The number of benzene rings is 1. The number of aromatic nitrogens is 3. The van der Waals surface area contributed by atoms with Gasteiger partial charge in [-0.3, -0.25) is 9.59 Å². The fraction of sp³-hybridized carbons (Fsp3) is 0.421. The molecular formula is C19H22BN5O6. The lowest BCUT2D eigenvalue weighted by Gasteiger charge is -2.27. The highest BCUT2D eigenvalue weighted by Gasteiger charge is 2.37. The molecule has 162 valence electrons. The normalized spacial score (nSPS) is 20.3. The Balaban J connectivity index is 1.37. The molecule has 12 heteroatoms. The average Bonchev–Trinajstić information content (AvgIpc) is 3.36. The Morgan fingerprint density at radius 2 is 2.13 bits per heavy atom. The molecule has 0 bridgehead atoms. The number of amides is 1. The van der Waals surface area contributed by atoms with Crippen LogP contribution in [0.25, 0.3) is 0 Å². The van der Waals surface area contributed by atoms with Crippen LogP contribution in [0.4, 0.5) is 0 Å². The molecule has 31 heavy (non-hydrogen) atoms. The summed E-state index contributed by atoms with van der Waals surface area (Å²) in [6, 6.07) is 4.67. The summed E-state index contributed by atoms with van der Waals surface area (Å²) in [7, 11) is -1.30. The Morgan fingerprint density at radius 1 is 1.32 bits per heavy atom. The first-order valence-electron chi connectivity index (χ1n) is 9.98. The minimum atomic E-state index is -1.30. The van der Waals surface area contributed by atoms with Crippen molar-refractivity contribution in [2.45, 2.75) is 37.7 Å². The van der Waals surface area contributed by atoms with Gasteiger partial charge in [-0.1, -0.05) is 17.3 Å². The standard InChI is InChI=1S/C19H22BN5O6/c21-13-4-5-24(8-13)18(27)16-10-25(23-22-16)9-14(26)7-12-6-11-2-1-3-15(19(28)29)17(11)31-20(12)30/h1-3,10,12-13,30H,4-9,21H2,(H,28,29)/t12-,13+/m1/s1. The number of carboxylic acids is 1. The quantitative estimate of drug-likeness (QED) is 0.521. The third-order valence-electron chi connectivity index (χ3n) is 5.55.